The van der Waals surface area contributed by atoms with E-state index in [1.165, 1.54) is 0 Å². The van der Waals surface area contributed by atoms with Gasteiger partial charge in [-0.3, -0.25) is 9.59 Å². The van der Waals surface area contributed by atoms with Crippen molar-refractivity contribution in [3.63, 3.8) is 0 Å². The van der Waals surface area contributed by atoms with E-state index >= 15 is 0 Å². The molecule has 1 aromatic carbocycles. The molecule has 8 heteroatoms. The van der Waals surface area contributed by atoms with Gasteiger partial charge in [-0.25, -0.2) is 9.97 Å². The van der Waals surface area contributed by atoms with Crippen LogP contribution in [-0.4, -0.2) is 58.3 Å². The molecule has 2 amide bonds. The van der Waals surface area contributed by atoms with Crippen LogP contribution in [0.3, 0.4) is 0 Å². The van der Waals surface area contributed by atoms with E-state index in [4.69, 9.17) is 5.26 Å². The second-order valence-corrected chi connectivity index (χ2v) is 5.94. The van der Waals surface area contributed by atoms with E-state index in [0.717, 1.165) is 6.41 Å². The van der Waals surface area contributed by atoms with E-state index in [9.17, 15) is 9.59 Å². The van der Waals surface area contributed by atoms with Gasteiger partial charge in [-0.05, 0) is 25.1 Å². The van der Waals surface area contributed by atoms with E-state index in [1.54, 1.807) is 41.0 Å². The number of anilines is 2. The van der Waals surface area contributed by atoms with Gasteiger partial charge >= 0.3 is 0 Å². The first-order chi connectivity index (χ1) is 12.6. The molecule has 0 atom stereocenters. The Kier molecular flexibility index (Phi) is 5.08. The molecule has 0 unspecified atom stereocenters. The van der Waals surface area contributed by atoms with Crippen LogP contribution in [0.25, 0.3) is 0 Å². The van der Waals surface area contributed by atoms with Crippen LogP contribution in [0.2, 0.25) is 0 Å². The van der Waals surface area contributed by atoms with Gasteiger partial charge in [-0.15, -0.1) is 0 Å². The highest BCUT2D eigenvalue weighted by Gasteiger charge is 2.23. The Morgan fingerprint density at radius 2 is 2.00 bits per heavy atom. The molecule has 2 heterocycles. The smallest absolute Gasteiger partial charge is 0.272 e. The number of rotatable bonds is 4. The number of carbonyl (C=O) groups excluding carboxylic acids is 2. The van der Waals surface area contributed by atoms with Crippen LogP contribution < -0.4 is 5.32 Å². The fourth-order valence-corrected chi connectivity index (χ4v) is 2.75. The number of carbonyl (C=O) groups is 2. The Balaban J connectivity index is 1.78. The number of piperazine rings is 1. The molecule has 0 aliphatic carbocycles. The molecule has 0 radical (unpaired) electrons. The SMILES string of the molecule is Cc1nc(Nc2cccc(C#N)c2)cc(C(=O)N2CCN(C=O)CC2)n1. The standard InChI is InChI=1S/C18H18N6O2/c1-13-20-16(18(26)24-7-5-23(12-25)6-8-24)10-17(21-13)22-15-4-2-3-14(9-15)11-19/h2-4,9-10,12H,5-8H2,1H3,(H,20,21,22). The van der Waals surface area contributed by atoms with Gasteiger partial charge in [0.2, 0.25) is 6.41 Å². The van der Waals surface area contributed by atoms with Crippen molar-refractivity contribution in [2.45, 2.75) is 6.92 Å². The van der Waals surface area contributed by atoms with Crippen LogP contribution in [0, 0.1) is 18.3 Å². The zero-order valence-corrected chi connectivity index (χ0v) is 14.3. The third-order valence-electron chi connectivity index (χ3n) is 4.07. The van der Waals surface area contributed by atoms with Crippen molar-refractivity contribution < 1.29 is 9.59 Å². The number of nitrogens with one attached hydrogen (secondary N) is 1. The number of aryl methyl sites for hydroxylation is 1. The lowest BCUT2D eigenvalue weighted by Crippen LogP contribution is -2.48. The maximum absolute atomic E-state index is 12.7. The van der Waals surface area contributed by atoms with Gasteiger partial charge in [0.05, 0.1) is 11.6 Å². The quantitative estimate of drug-likeness (QED) is 0.834. The van der Waals surface area contributed by atoms with Crippen LogP contribution in [0.15, 0.2) is 30.3 Å². The normalized spacial score (nSPS) is 13.8. The number of amides is 2. The van der Waals surface area contributed by atoms with E-state index in [1.807, 2.05) is 6.07 Å². The minimum Gasteiger partial charge on any atom is -0.342 e. The molecule has 1 aliphatic rings. The molecule has 0 bridgehead atoms. The molecule has 0 spiro atoms. The maximum atomic E-state index is 12.7. The molecule has 3 rings (SSSR count). The summed E-state index contributed by atoms with van der Waals surface area (Å²) >= 11 is 0. The minimum absolute atomic E-state index is 0.185. The van der Waals surface area contributed by atoms with Gasteiger partial charge in [0.15, 0.2) is 0 Å². The second-order valence-electron chi connectivity index (χ2n) is 5.94. The third kappa shape index (κ3) is 3.95. The molecule has 0 saturated carbocycles. The van der Waals surface area contributed by atoms with Gasteiger partial charge in [0.1, 0.15) is 17.3 Å². The average Bonchev–Trinajstić information content (AvgIpc) is 2.67. The molecule has 1 fully saturated rings. The van der Waals surface area contributed by atoms with Crippen molar-refractivity contribution in [1.29, 1.82) is 5.26 Å². The van der Waals surface area contributed by atoms with Gasteiger partial charge in [-0.1, -0.05) is 6.07 Å². The number of benzene rings is 1. The number of hydrogen-bond donors (Lipinski definition) is 1. The molecular weight excluding hydrogens is 332 g/mol. The van der Waals surface area contributed by atoms with E-state index in [2.05, 4.69) is 21.4 Å². The van der Waals surface area contributed by atoms with Crippen molar-refractivity contribution in [2.75, 3.05) is 31.5 Å². The number of aromatic nitrogens is 2. The first kappa shape index (κ1) is 17.4. The molecular formula is C18H18N6O2. The van der Waals surface area contributed by atoms with Gasteiger partial charge in [0.25, 0.3) is 5.91 Å². The average molecular weight is 350 g/mol. The first-order valence-corrected chi connectivity index (χ1v) is 8.20. The topological polar surface area (TPSA) is 102 Å². The Morgan fingerprint density at radius 3 is 2.69 bits per heavy atom. The monoisotopic (exact) mass is 350 g/mol. The fourth-order valence-electron chi connectivity index (χ4n) is 2.75. The van der Waals surface area contributed by atoms with Gasteiger partial charge in [-0.2, -0.15) is 5.26 Å². The summed E-state index contributed by atoms with van der Waals surface area (Å²) in [5.41, 5.74) is 1.54. The molecule has 132 valence electrons. The van der Waals surface area contributed by atoms with Crippen molar-refractivity contribution in [1.82, 2.24) is 19.8 Å². The molecule has 8 nitrogen and oxygen atoms in total. The zero-order chi connectivity index (χ0) is 18.5. The highest BCUT2D eigenvalue weighted by atomic mass is 16.2. The van der Waals surface area contributed by atoms with E-state index in [-0.39, 0.29) is 5.91 Å². The largest absolute Gasteiger partial charge is 0.342 e. The Bertz CT molecular complexity index is 868. The highest BCUT2D eigenvalue weighted by molar-refractivity contribution is 5.93. The second kappa shape index (κ2) is 7.61. The summed E-state index contributed by atoms with van der Waals surface area (Å²) in [4.78, 5) is 35.4. The Hall–Kier alpha value is -3.47. The van der Waals surface area contributed by atoms with Crippen LogP contribution in [0.1, 0.15) is 21.9 Å². The minimum atomic E-state index is -0.185. The van der Waals surface area contributed by atoms with Crippen LogP contribution in [0.4, 0.5) is 11.5 Å². The van der Waals surface area contributed by atoms with Gasteiger partial charge < -0.3 is 15.1 Å². The van der Waals surface area contributed by atoms with Crippen molar-refractivity contribution in [3.05, 3.63) is 47.4 Å². The highest BCUT2D eigenvalue weighted by Crippen LogP contribution is 2.18. The maximum Gasteiger partial charge on any atom is 0.272 e. The molecule has 1 N–H and O–H groups in total. The van der Waals surface area contributed by atoms with Crippen LogP contribution >= 0.6 is 0 Å². The predicted octanol–water partition coefficient (Wildman–Crippen LogP) is 1.31. The molecule has 26 heavy (non-hydrogen) atoms. The number of hydrogen-bond acceptors (Lipinski definition) is 6. The lowest BCUT2D eigenvalue weighted by Gasteiger charge is -2.32. The molecule has 1 aromatic heterocycles. The summed E-state index contributed by atoms with van der Waals surface area (Å²) in [6, 6.07) is 10.7. The van der Waals surface area contributed by atoms with Crippen molar-refractivity contribution in [2.24, 2.45) is 0 Å². The zero-order valence-electron chi connectivity index (χ0n) is 14.3. The number of nitrogens with zero attached hydrogens (tertiary/aromatic N) is 5. The van der Waals surface area contributed by atoms with E-state index < -0.39 is 0 Å². The molecule has 1 aliphatic heterocycles. The van der Waals surface area contributed by atoms with Crippen LogP contribution in [0.5, 0.6) is 0 Å². The molecule has 2 aromatic rings. The first-order valence-electron chi connectivity index (χ1n) is 8.20. The lowest BCUT2D eigenvalue weighted by molar-refractivity contribution is -0.119. The van der Waals surface area contributed by atoms with Crippen molar-refractivity contribution in [3.8, 4) is 6.07 Å². The summed E-state index contributed by atoms with van der Waals surface area (Å²) in [5.74, 6) is 0.777. The lowest BCUT2D eigenvalue weighted by atomic mass is 10.2. The predicted molar refractivity (Wildman–Crippen MR) is 94.7 cm³/mol. The summed E-state index contributed by atoms with van der Waals surface area (Å²) in [5, 5.41) is 12.1. The Morgan fingerprint density at radius 1 is 1.23 bits per heavy atom. The van der Waals surface area contributed by atoms with Gasteiger partial charge in [0, 0.05) is 37.9 Å². The Labute approximate surface area is 151 Å². The summed E-state index contributed by atoms with van der Waals surface area (Å²) in [6.45, 7) is 3.72. The third-order valence-corrected chi connectivity index (χ3v) is 4.07. The molecule has 1 saturated heterocycles. The summed E-state index contributed by atoms with van der Waals surface area (Å²) in [6.07, 6.45) is 0.800. The number of nitriles is 1. The van der Waals surface area contributed by atoms with Crippen molar-refractivity contribution >= 4 is 23.8 Å². The van der Waals surface area contributed by atoms with Crippen LogP contribution in [-0.2, 0) is 4.79 Å². The summed E-state index contributed by atoms with van der Waals surface area (Å²) < 4.78 is 0. The van der Waals surface area contributed by atoms with E-state index in [0.29, 0.717) is 54.8 Å². The summed E-state index contributed by atoms with van der Waals surface area (Å²) in [7, 11) is 0. The fraction of sp³-hybridized carbons (Fsp3) is 0.278.